The number of halogens is 1. The lowest BCUT2D eigenvalue weighted by Gasteiger charge is -2.19. The minimum Gasteiger partial charge on any atom is -0.395 e. The molecule has 0 radical (unpaired) electrons. The third-order valence-electron chi connectivity index (χ3n) is 2.25. The summed E-state index contributed by atoms with van der Waals surface area (Å²) in [4.78, 5) is 14.2. The van der Waals surface area contributed by atoms with Crippen molar-refractivity contribution in [1.29, 1.82) is 0 Å². The number of aliphatic hydroxyl groups excluding tert-OH is 1. The molecular formula is C13H16FNO2S. The Balaban J connectivity index is 2.47. The average molecular weight is 269 g/mol. The van der Waals surface area contributed by atoms with Crippen LogP contribution in [0.1, 0.15) is 0 Å². The van der Waals surface area contributed by atoms with Crippen LogP contribution in [-0.2, 0) is 4.79 Å². The van der Waals surface area contributed by atoms with Crippen LogP contribution in [0.25, 0.3) is 0 Å². The van der Waals surface area contributed by atoms with Gasteiger partial charge in [0.2, 0.25) is 5.91 Å². The van der Waals surface area contributed by atoms with Crippen molar-refractivity contribution >= 4 is 17.7 Å². The van der Waals surface area contributed by atoms with E-state index in [1.807, 2.05) is 0 Å². The van der Waals surface area contributed by atoms with Crippen molar-refractivity contribution < 1.29 is 14.3 Å². The van der Waals surface area contributed by atoms with Gasteiger partial charge in [0.15, 0.2) is 0 Å². The Morgan fingerprint density at radius 1 is 1.44 bits per heavy atom. The van der Waals surface area contributed by atoms with Gasteiger partial charge in [-0.05, 0) is 24.3 Å². The summed E-state index contributed by atoms with van der Waals surface area (Å²) in [6.07, 6.45) is 1.62. The first-order chi connectivity index (χ1) is 8.67. The lowest BCUT2D eigenvalue weighted by atomic mass is 10.4. The number of hydrogen-bond acceptors (Lipinski definition) is 3. The number of nitrogens with zero attached hydrogens (tertiary/aromatic N) is 1. The second-order valence-corrected chi connectivity index (χ2v) is 4.64. The van der Waals surface area contributed by atoms with Crippen LogP contribution in [0.4, 0.5) is 4.39 Å². The average Bonchev–Trinajstić information content (AvgIpc) is 2.37. The molecule has 0 aliphatic rings. The molecule has 0 aliphatic carbocycles. The van der Waals surface area contributed by atoms with E-state index in [9.17, 15) is 9.18 Å². The molecule has 3 nitrogen and oxygen atoms in total. The Morgan fingerprint density at radius 2 is 2.11 bits per heavy atom. The third kappa shape index (κ3) is 4.89. The molecule has 0 spiro atoms. The van der Waals surface area contributed by atoms with Gasteiger partial charge in [-0.1, -0.05) is 6.08 Å². The van der Waals surface area contributed by atoms with Gasteiger partial charge in [-0.3, -0.25) is 4.79 Å². The molecular weight excluding hydrogens is 253 g/mol. The van der Waals surface area contributed by atoms with Crippen molar-refractivity contribution in [2.75, 3.05) is 25.4 Å². The van der Waals surface area contributed by atoms with E-state index in [4.69, 9.17) is 5.11 Å². The number of carbonyl (C=O) groups is 1. The van der Waals surface area contributed by atoms with Crippen LogP contribution in [0.2, 0.25) is 0 Å². The zero-order valence-corrected chi connectivity index (χ0v) is 10.8. The molecule has 0 atom stereocenters. The maximum atomic E-state index is 12.7. The molecule has 0 aliphatic heterocycles. The summed E-state index contributed by atoms with van der Waals surface area (Å²) in [6, 6.07) is 6.00. The van der Waals surface area contributed by atoms with E-state index in [1.54, 1.807) is 18.2 Å². The summed E-state index contributed by atoms with van der Waals surface area (Å²) in [5.41, 5.74) is 0. The highest BCUT2D eigenvalue weighted by Gasteiger charge is 2.11. The molecule has 0 saturated carbocycles. The van der Waals surface area contributed by atoms with Crippen molar-refractivity contribution in [1.82, 2.24) is 4.90 Å². The minimum absolute atomic E-state index is 0.0687. The van der Waals surface area contributed by atoms with E-state index < -0.39 is 0 Å². The van der Waals surface area contributed by atoms with Gasteiger partial charge in [0.05, 0.1) is 12.4 Å². The number of thioether (sulfide) groups is 1. The molecule has 18 heavy (non-hydrogen) atoms. The van der Waals surface area contributed by atoms with E-state index in [2.05, 4.69) is 6.58 Å². The molecule has 0 unspecified atom stereocenters. The molecule has 0 heterocycles. The van der Waals surface area contributed by atoms with Gasteiger partial charge in [0.1, 0.15) is 5.82 Å². The van der Waals surface area contributed by atoms with E-state index in [1.165, 1.54) is 28.8 Å². The van der Waals surface area contributed by atoms with Crippen LogP contribution in [0, 0.1) is 5.82 Å². The maximum absolute atomic E-state index is 12.7. The van der Waals surface area contributed by atoms with Crippen LogP contribution in [-0.4, -0.2) is 41.4 Å². The third-order valence-corrected chi connectivity index (χ3v) is 3.24. The second-order valence-electron chi connectivity index (χ2n) is 3.59. The molecule has 98 valence electrons. The van der Waals surface area contributed by atoms with Crippen LogP contribution < -0.4 is 0 Å². The Bertz CT molecular complexity index is 394. The standard InChI is InChI=1S/C13H16FNO2S/c1-2-7-15(8-9-16)13(17)10-18-12-5-3-11(14)4-6-12/h2-6,16H,1,7-10H2. The SMILES string of the molecule is C=CCN(CCO)C(=O)CSc1ccc(F)cc1. The smallest absolute Gasteiger partial charge is 0.233 e. The van der Waals surface area contributed by atoms with Crippen LogP contribution in [0.5, 0.6) is 0 Å². The van der Waals surface area contributed by atoms with Gasteiger partial charge < -0.3 is 10.0 Å². The van der Waals surface area contributed by atoms with Gasteiger partial charge in [-0.25, -0.2) is 4.39 Å². The van der Waals surface area contributed by atoms with E-state index in [-0.39, 0.29) is 24.1 Å². The largest absolute Gasteiger partial charge is 0.395 e. The summed E-state index contributed by atoms with van der Waals surface area (Å²) in [7, 11) is 0. The second kappa shape index (κ2) is 7.89. The first-order valence-corrected chi connectivity index (χ1v) is 6.54. The van der Waals surface area contributed by atoms with Crippen molar-refractivity contribution in [2.24, 2.45) is 0 Å². The van der Waals surface area contributed by atoms with E-state index in [0.717, 1.165) is 4.90 Å². The topological polar surface area (TPSA) is 40.5 Å². The molecule has 0 fully saturated rings. The molecule has 1 aromatic carbocycles. The quantitative estimate of drug-likeness (QED) is 0.607. The summed E-state index contributed by atoms with van der Waals surface area (Å²) in [5.74, 6) is -0.100. The fraction of sp³-hybridized carbons (Fsp3) is 0.308. The number of amides is 1. The highest BCUT2D eigenvalue weighted by molar-refractivity contribution is 8.00. The van der Waals surface area contributed by atoms with Gasteiger partial charge in [0, 0.05) is 18.0 Å². The Labute approximate surface area is 110 Å². The van der Waals surface area contributed by atoms with Crippen molar-refractivity contribution in [3.05, 3.63) is 42.7 Å². The number of rotatable bonds is 7. The van der Waals surface area contributed by atoms with Crippen molar-refractivity contribution in [3.8, 4) is 0 Å². The minimum atomic E-state index is -0.292. The monoisotopic (exact) mass is 269 g/mol. The molecule has 1 rings (SSSR count). The Morgan fingerprint density at radius 3 is 2.67 bits per heavy atom. The van der Waals surface area contributed by atoms with Gasteiger partial charge >= 0.3 is 0 Å². The van der Waals surface area contributed by atoms with E-state index >= 15 is 0 Å². The van der Waals surface area contributed by atoms with Gasteiger partial charge in [0.25, 0.3) is 0 Å². The number of hydrogen-bond donors (Lipinski definition) is 1. The number of aliphatic hydroxyl groups is 1. The van der Waals surface area contributed by atoms with Crippen LogP contribution in [0.15, 0.2) is 41.8 Å². The fourth-order valence-corrected chi connectivity index (χ4v) is 2.16. The molecule has 5 heteroatoms. The summed E-state index contributed by atoms with van der Waals surface area (Å²) < 4.78 is 12.7. The van der Waals surface area contributed by atoms with Gasteiger partial charge in [-0.15, -0.1) is 18.3 Å². The molecule has 0 aromatic heterocycles. The molecule has 1 N–H and O–H groups in total. The summed E-state index contributed by atoms with van der Waals surface area (Å²) in [6.45, 7) is 4.22. The zero-order valence-electron chi connectivity index (χ0n) is 10.0. The highest BCUT2D eigenvalue weighted by atomic mass is 32.2. The summed E-state index contributed by atoms with van der Waals surface area (Å²) in [5, 5.41) is 8.85. The Hall–Kier alpha value is -1.33. The first-order valence-electron chi connectivity index (χ1n) is 5.55. The van der Waals surface area contributed by atoms with Crippen molar-refractivity contribution in [2.45, 2.75) is 4.90 Å². The lowest BCUT2D eigenvalue weighted by Crippen LogP contribution is -2.34. The molecule has 0 bridgehead atoms. The Kier molecular flexibility index (Phi) is 6.46. The maximum Gasteiger partial charge on any atom is 0.233 e. The molecule has 1 amide bonds. The van der Waals surface area contributed by atoms with Crippen molar-refractivity contribution in [3.63, 3.8) is 0 Å². The predicted molar refractivity (Wildman–Crippen MR) is 71.0 cm³/mol. The first kappa shape index (κ1) is 14.7. The summed E-state index contributed by atoms with van der Waals surface area (Å²) >= 11 is 1.34. The normalized spacial score (nSPS) is 10.1. The zero-order chi connectivity index (χ0) is 13.4. The predicted octanol–water partition coefficient (Wildman–Crippen LogP) is 1.92. The number of carbonyl (C=O) groups excluding carboxylic acids is 1. The number of benzene rings is 1. The lowest BCUT2D eigenvalue weighted by molar-refractivity contribution is -0.128. The molecule has 0 saturated heterocycles. The highest BCUT2D eigenvalue weighted by Crippen LogP contribution is 2.18. The van der Waals surface area contributed by atoms with Crippen LogP contribution in [0.3, 0.4) is 0 Å². The van der Waals surface area contributed by atoms with Gasteiger partial charge in [-0.2, -0.15) is 0 Å². The van der Waals surface area contributed by atoms with E-state index in [0.29, 0.717) is 13.1 Å². The fourth-order valence-electron chi connectivity index (χ4n) is 1.36. The van der Waals surface area contributed by atoms with Crippen LogP contribution >= 0.6 is 11.8 Å². The molecule has 1 aromatic rings.